The van der Waals surface area contributed by atoms with Crippen molar-refractivity contribution in [2.24, 2.45) is 10.1 Å². The van der Waals surface area contributed by atoms with Crippen LogP contribution in [0.2, 0.25) is 5.02 Å². The SMILES string of the molecule is CCNC(=NCc1ccc(Cl)cc1)NCCS(N)(=O)=O. The third kappa shape index (κ3) is 7.32. The fourth-order valence-corrected chi connectivity index (χ4v) is 1.93. The molecule has 0 bridgehead atoms. The minimum absolute atomic E-state index is 0.141. The van der Waals surface area contributed by atoms with Gasteiger partial charge in [-0.1, -0.05) is 23.7 Å². The monoisotopic (exact) mass is 318 g/mol. The molecule has 8 heteroatoms. The number of aliphatic imine (C=N–C) groups is 1. The van der Waals surface area contributed by atoms with E-state index in [9.17, 15) is 8.42 Å². The lowest BCUT2D eigenvalue weighted by Gasteiger charge is -2.10. The van der Waals surface area contributed by atoms with Gasteiger partial charge in [0.05, 0.1) is 12.3 Å². The van der Waals surface area contributed by atoms with Gasteiger partial charge in [0.1, 0.15) is 0 Å². The first-order valence-corrected chi connectivity index (χ1v) is 8.27. The Labute approximate surface area is 124 Å². The molecule has 0 aliphatic rings. The van der Waals surface area contributed by atoms with Gasteiger partial charge in [-0.2, -0.15) is 0 Å². The van der Waals surface area contributed by atoms with Crippen LogP contribution in [-0.2, 0) is 16.6 Å². The fourth-order valence-electron chi connectivity index (χ4n) is 1.41. The molecule has 0 aliphatic heterocycles. The van der Waals surface area contributed by atoms with E-state index in [1.54, 1.807) is 12.1 Å². The number of nitrogens with two attached hydrogens (primary N) is 1. The smallest absolute Gasteiger partial charge is 0.210 e. The maximum absolute atomic E-state index is 10.8. The number of nitrogens with zero attached hydrogens (tertiary/aromatic N) is 1. The predicted octanol–water partition coefficient (Wildman–Crippen LogP) is 0.684. The van der Waals surface area contributed by atoms with Crippen molar-refractivity contribution < 1.29 is 8.42 Å². The Morgan fingerprint density at radius 2 is 1.95 bits per heavy atom. The highest BCUT2D eigenvalue weighted by Crippen LogP contribution is 2.09. The molecule has 0 aromatic heterocycles. The highest BCUT2D eigenvalue weighted by atomic mass is 35.5. The second kappa shape index (κ2) is 8.08. The van der Waals surface area contributed by atoms with E-state index in [1.165, 1.54) is 0 Å². The molecule has 0 atom stereocenters. The number of sulfonamides is 1. The molecular weight excluding hydrogens is 300 g/mol. The van der Waals surface area contributed by atoms with Gasteiger partial charge in [0, 0.05) is 18.1 Å². The van der Waals surface area contributed by atoms with E-state index in [-0.39, 0.29) is 12.3 Å². The molecule has 4 N–H and O–H groups in total. The van der Waals surface area contributed by atoms with E-state index in [0.29, 0.717) is 24.1 Å². The van der Waals surface area contributed by atoms with Gasteiger partial charge >= 0.3 is 0 Å². The van der Waals surface area contributed by atoms with Crippen molar-refractivity contribution in [1.29, 1.82) is 0 Å². The molecule has 1 aromatic carbocycles. The van der Waals surface area contributed by atoms with Crippen LogP contribution in [0.1, 0.15) is 12.5 Å². The first kappa shape index (κ1) is 16.7. The Balaban J connectivity index is 2.55. The summed E-state index contributed by atoms with van der Waals surface area (Å²) in [7, 11) is -3.47. The van der Waals surface area contributed by atoms with E-state index in [0.717, 1.165) is 5.56 Å². The lowest BCUT2D eigenvalue weighted by atomic mass is 10.2. The minimum Gasteiger partial charge on any atom is -0.357 e. The van der Waals surface area contributed by atoms with E-state index >= 15 is 0 Å². The second-order valence-corrected chi connectivity index (χ2v) is 6.29. The van der Waals surface area contributed by atoms with Crippen LogP contribution in [0.15, 0.2) is 29.3 Å². The largest absolute Gasteiger partial charge is 0.357 e. The van der Waals surface area contributed by atoms with Gasteiger partial charge in [-0.05, 0) is 24.6 Å². The number of halogens is 1. The average Bonchev–Trinajstić information content (AvgIpc) is 2.36. The van der Waals surface area contributed by atoms with Gasteiger partial charge in [0.2, 0.25) is 10.0 Å². The summed E-state index contributed by atoms with van der Waals surface area (Å²) in [5.74, 6) is 0.407. The molecular formula is C12H19ClN4O2S. The summed E-state index contributed by atoms with van der Waals surface area (Å²) in [6, 6.07) is 7.38. The lowest BCUT2D eigenvalue weighted by molar-refractivity contribution is 0.596. The van der Waals surface area contributed by atoms with Crippen molar-refractivity contribution in [3.8, 4) is 0 Å². The molecule has 0 spiro atoms. The number of rotatable bonds is 6. The van der Waals surface area contributed by atoms with Gasteiger partial charge in [-0.3, -0.25) is 0 Å². The molecule has 20 heavy (non-hydrogen) atoms. The summed E-state index contributed by atoms with van der Waals surface area (Å²) >= 11 is 5.81. The van der Waals surface area contributed by atoms with Crippen molar-refractivity contribution >= 4 is 27.6 Å². The minimum atomic E-state index is -3.47. The van der Waals surface area contributed by atoms with Gasteiger partial charge < -0.3 is 10.6 Å². The van der Waals surface area contributed by atoms with Crippen molar-refractivity contribution in [1.82, 2.24) is 10.6 Å². The number of hydrogen-bond acceptors (Lipinski definition) is 3. The van der Waals surface area contributed by atoms with Gasteiger partial charge in [-0.15, -0.1) is 0 Å². The van der Waals surface area contributed by atoms with E-state index < -0.39 is 10.0 Å². The van der Waals surface area contributed by atoms with Crippen molar-refractivity contribution in [2.45, 2.75) is 13.5 Å². The number of benzene rings is 1. The third-order valence-electron chi connectivity index (χ3n) is 2.36. The molecule has 0 saturated carbocycles. The Bertz CT molecular complexity index is 543. The lowest BCUT2D eigenvalue weighted by Crippen LogP contribution is -2.40. The number of nitrogens with one attached hydrogen (secondary N) is 2. The Kier molecular flexibility index (Phi) is 6.77. The number of guanidine groups is 1. The second-order valence-electron chi connectivity index (χ2n) is 4.12. The molecule has 0 unspecified atom stereocenters. The van der Waals surface area contributed by atoms with E-state index in [4.69, 9.17) is 16.7 Å². The first-order chi connectivity index (χ1) is 9.40. The van der Waals surface area contributed by atoms with Crippen molar-refractivity contribution in [2.75, 3.05) is 18.8 Å². The van der Waals surface area contributed by atoms with Crippen LogP contribution in [0.25, 0.3) is 0 Å². The molecule has 112 valence electrons. The van der Waals surface area contributed by atoms with E-state index in [1.807, 2.05) is 19.1 Å². The van der Waals surface area contributed by atoms with Gasteiger partial charge in [-0.25, -0.2) is 18.5 Å². The molecule has 0 radical (unpaired) electrons. The van der Waals surface area contributed by atoms with Crippen molar-refractivity contribution in [3.63, 3.8) is 0 Å². The predicted molar refractivity (Wildman–Crippen MR) is 82.2 cm³/mol. The zero-order valence-corrected chi connectivity index (χ0v) is 12.8. The van der Waals surface area contributed by atoms with Gasteiger partial charge in [0.15, 0.2) is 5.96 Å². The molecule has 0 amide bonds. The van der Waals surface area contributed by atoms with Crippen molar-refractivity contribution in [3.05, 3.63) is 34.9 Å². The molecule has 6 nitrogen and oxygen atoms in total. The quantitative estimate of drug-likeness (QED) is 0.531. The number of hydrogen-bond donors (Lipinski definition) is 3. The molecule has 0 fully saturated rings. The Hall–Kier alpha value is -1.31. The standard InChI is InChI=1S/C12H19ClN4O2S/c1-2-15-12(16-7-8-20(14,18)19)17-9-10-3-5-11(13)6-4-10/h3-6H,2,7-9H2,1H3,(H2,14,18,19)(H2,15,16,17). The summed E-state index contributed by atoms with van der Waals surface area (Å²) in [5, 5.41) is 11.6. The topological polar surface area (TPSA) is 96.6 Å². The van der Waals surface area contributed by atoms with Crippen LogP contribution in [-0.4, -0.2) is 33.2 Å². The highest BCUT2D eigenvalue weighted by molar-refractivity contribution is 7.89. The maximum Gasteiger partial charge on any atom is 0.210 e. The Morgan fingerprint density at radius 1 is 1.30 bits per heavy atom. The molecule has 0 saturated heterocycles. The third-order valence-corrected chi connectivity index (χ3v) is 3.38. The molecule has 0 aliphatic carbocycles. The highest BCUT2D eigenvalue weighted by Gasteiger charge is 2.03. The number of primary sulfonamides is 1. The summed E-state index contributed by atoms with van der Waals surface area (Å²) in [5.41, 5.74) is 1.01. The summed E-state index contributed by atoms with van der Waals surface area (Å²) in [4.78, 5) is 4.35. The molecule has 0 heterocycles. The van der Waals surface area contributed by atoms with Crippen LogP contribution >= 0.6 is 11.6 Å². The zero-order valence-electron chi connectivity index (χ0n) is 11.3. The van der Waals surface area contributed by atoms with Crippen LogP contribution in [0.4, 0.5) is 0 Å². The normalized spacial score (nSPS) is 12.2. The van der Waals surface area contributed by atoms with Gasteiger partial charge in [0.25, 0.3) is 0 Å². The summed E-state index contributed by atoms with van der Waals surface area (Å²) in [6.07, 6.45) is 0. The zero-order chi connectivity index (χ0) is 15.0. The molecule has 1 aromatic rings. The Morgan fingerprint density at radius 3 is 2.50 bits per heavy atom. The fraction of sp³-hybridized carbons (Fsp3) is 0.417. The van der Waals surface area contributed by atoms with Crippen LogP contribution < -0.4 is 15.8 Å². The summed E-state index contributed by atoms with van der Waals surface area (Å²) < 4.78 is 21.7. The summed E-state index contributed by atoms with van der Waals surface area (Å²) in [6.45, 7) is 3.30. The van der Waals surface area contributed by atoms with E-state index in [2.05, 4.69) is 15.6 Å². The van der Waals surface area contributed by atoms with Crippen LogP contribution in [0, 0.1) is 0 Å². The first-order valence-electron chi connectivity index (χ1n) is 6.18. The maximum atomic E-state index is 10.8. The average molecular weight is 319 g/mol. The van der Waals surface area contributed by atoms with Crippen LogP contribution in [0.3, 0.4) is 0 Å². The molecule has 1 rings (SSSR count). The van der Waals surface area contributed by atoms with Crippen LogP contribution in [0.5, 0.6) is 0 Å².